The van der Waals surface area contributed by atoms with Crippen LogP contribution in [-0.4, -0.2) is 30.3 Å². The lowest BCUT2D eigenvalue weighted by molar-refractivity contribution is -0.141. The van der Waals surface area contributed by atoms with Gasteiger partial charge in [-0.1, -0.05) is 30.3 Å². The Morgan fingerprint density at radius 3 is 2.32 bits per heavy atom. The van der Waals surface area contributed by atoms with Crippen molar-refractivity contribution in [2.75, 3.05) is 13.2 Å². The molecule has 1 N–H and O–H groups in total. The molecule has 0 saturated carbocycles. The van der Waals surface area contributed by atoms with Crippen LogP contribution < -0.4 is 0 Å². The molecule has 0 aromatic heterocycles. The molecule has 0 atom stereocenters. The van der Waals surface area contributed by atoms with E-state index in [1.165, 1.54) is 0 Å². The van der Waals surface area contributed by atoms with E-state index in [4.69, 9.17) is 14.6 Å². The molecule has 0 bridgehead atoms. The Kier molecular flexibility index (Phi) is 6.97. The normalized spacial score (nSPS) is 10.4. The van der Waals surface area contributed by atoms with Gasteiger partial charge in [-0.25, -0.2) is 9.59 Å². The Bertz CT molecular complexity index is 425. The lowest BCUT2D eigenvalue weighted by Crippen LogP contribution is -2.06. The third-order valence-electron chi connectivity index (χ3n) is 2.13. The smallest absolute Gasteiger partial charge is 0.331 e. The molecule has 5 heteroatoms. The van der Waals surface area contributed by atoms with E-state index in [1.54, 1.807) is 0 Å². The van der Waals surface area contributed by atoms with Crippen molar-refractivity contribution in [3.8, 4) is 0 Å². The van der Waals surface area contributed by atoms with Crippen LogP contribution in [0, 0.1) is 0 Å². The maximum Gasteiger partial charge on any atom is 0.331 e. The van der Waals surface area contributed by atoms with Crippen molar-refractivity contribution < 1.29 is 24.2 Å². The fourth-order valence-corrected chi connectivity index (χ4v) is 1.20. The van der Waals surface area contributed by atoms with Gasteiger partial charge < -0.3 is 14.6 Å². The van der Waals surface area contributed by atoms with Gasteiger partial charge in [-0.15, -0.1) is 0 Å². The van der Waals surface area contributed by atoms with Gasteiger partial charge in [-0.05, 0) is 5.56 Å². The number of aliphatic hydroxyl groups is 1. The Labute approximate surface area is 111 Å². The molecule has 0 saturated heterocycles. The number of rotatable bonds is 7. The molecule has 0 radical (unpaired) electrons. The van der Waals surface area contributed by atoms with Crippen LogP contribution in [0.25, 0.3) is 0 Å². The summed E-state index contributed by atoms with van der Waals surface area (Å²) in [6.45, 7) is 0.235. The number of ether oxygens (including phenoxy) is 2. The van der Waals surface area contributed by atoms with Gasteiger partial charge in [0.25, 0.3) is 0 Å². The molecule has 0 heterocycles. The summed E-state index contributed by atoms with van der Waals surface area (Å²) < 4.78 is 9.63. The van der Waals surface area contributed by atoms with E-state index in [2.05, 4.69) is 0 Å². The van der Waals surface area contributed by atoms with E-state index >= 15 is 0 Å². The van der Waals surface area contributed by atoms with Gasteiger partial charge in [0.05, 0.1) is 6.61 Å². The van der Waals surface area contributed by atoms with Gasteiger partial charge in [0, 0.05) is 25.2 Å². The minimum atomic E-state index is -0.634. The molecule has 0 spiro atoms. The fourth-order valence-electron chi connectivity index (χ4n) is 1.20. The number of esters is 2. The quantitative estimate of drug-likeness (QED) is 0.455. The lowest BCUT2D eigenvalue weighted by Gasteiger charge is -2.01. The zero-order valence-electron chi connectivity index (χ0n) is 10.5. The maximum atomic E-state index is 11.3. The fraction of sp³-hybridized carbons (Fsp3) is 0.286. The highest BCUT2D eigenvalue weighted by atomic mass is 16.5. The molecular weight excluding hydrogens is 248 g/mol. The van der Waals surface area contributed by atoms with E-state index in [1.807, 2.05) is 30.3 Å². The first-order chi connectivity index (χ1) is 9.22. The summed E-state index contributed by atoms with van der Waals surface area (Å²) in [6.07, 6.45) is 2.40. The predicted molar refractivity (Wildman–Crippen MR) is 68.0 cm³/mol. The largest absolute Gasteiger partial charge is 0.462 e. The lowest BCUT2D eigenvalue weighted by atomic mass is 10.2. The second-order valence-corrected chi connectivity index (χ2v) is 3.67. The summed E-state index contributed by atoms with van der Waals surface area (Å²) in [7, 11) is 0. The minimum absolute atomic E-state index is 0.0455. The Hall–Kier alpha value is -2.14. The summed E-state index contributed by atoms with van der Waals surface area (Å²) in [5.41, 5.74) is 0.870. The van der Waals surface area contributed by atoms with Gasteiger partial charge in [0.2, 0.25) is 0 Å². The second kappa shape index (κ2) is 8.88. The van der Waals surface area contributed by atoms with Crippen LogP contribution in [0.3, 0.4) is 0 Å². The summed E-state index contributed by atoms with van der Waals surface area (Å²) in [5, 5.41) is 8.49. The van der Waals surface area contributed by atoms with Crippen LogP contribution in [0.1, 0.15) is 12.0 Å². The highest BCUT2D eigenvalue weighted by molar-refractivity contribution is 5.91. The van der Waals surface area contributed by atoms with E-state index < -0.39 is 11.9 Å². The Morgan fingerprint density at radius 2 is 1.68 bits per heavy atom. The summed E-state index contributed by atoms with van der Waals surface area (Å²) >= 11 is 0. The summed E-state index contributed by atoms with van der Waals surface area (Å²) in [5.74, 6) is -1.24. The van der Waals surface area contributed by atoms with Crippen LogP contribution in [0.5, 0.6) is 0 Å². The van der Waals surface area contributed by atoms with Crippen molar-refractivity contribution >= 4 is 11.9 Å². The molecule has 0 unspecified atom stereocenters. The van der Waals surface area contributed by atoms with E-state index in [0.29, 0.717) is 6.42 Å². The van der Waals surface area contributed by atoms with Crippen LogP contribution in [0.2, 0.25) is 0 Å². The third-order valence-corrected chi connectivity index (χ3v) is 2.13. The van der Waals surface area contributed by atoms with Crippen molar-refractivity contribution in [1.82, 2.24) is 0 Å². The number of carbonyl (C=O) groups excluding carboxylic acids is 2. The first kappa shape index (κ1) is 14.9. The molecule has 102 valence electrons. The molecule has 0 fully saturated rings. The van der Waals surface area contributed by atoms with Gasteiger partial charge in [0.15, 0.2) is 0 Å². The third kappa shape index (κ3) is 7.00. The first-order valence-electron chi connectivity index (χ1n) is 5.88. The van der Waals surface area contributed by atoms with Gasteiger partial charge in [-0.2, -0.15) is 0 Å². The summed E-state index contributed by atoms with van der Waals surface area (Å²) in [6, 6.07) is 9.23. The summed E-state index contributed by atoms with van der Waals surface area (Å²) in [4.78, 5) is 22.4. The molecule has 0 aliphatic heterocycles. The standard InChI is InChI=1S/C14H16O5/c15-9-4-10-18-13(16)7-8-14(17)19-11-12-5-2-1-3-6-12/h1-3,5-8,15H,4,9-11H2/b8-7-. The molecule has 0 aliphatic carbocycles. The van der Waals surface area contributed by atoms with Crippen molar-refractivity contribution in [3.63, 3.8) is 0 Å². The zero-order chi connectivity index (χ0) is 13.9. The van der Waals surface area contributed by atoms with Crippen molar-refractivity contribution in [2.45, 2.75) is 13.0 Å². The van der Waals surface area contributed by atoms with E-state index in [9.17, 15) is 9.59 Å². The van der Waals surface area contributed by atoms with Gasteiger partial charge in [0.1, 0.15) is 6.61 Å². The molecule has 0 amide bonds. The molecule has 1 aromatic carbocycles. The average molecular weight is 264 g/mol. The highest BCUT2D eigenvalue weighted by Crippen LogP contribution is 2.00. The average Bonchev–Trinajstić information content (AvgIpc) is 2.44. The number of benzene rings is 1. The maximum absolute atomic E-state index is 11.3. The van der Waals surface area contributed by atoms with Crippen LogP contribution in [0.4, 0.5) is 0 Å². The predicted octanol–water partition coefficient (Wildman–Crippen LogP) is 1.21. The second-order valence-electron chi connectivity index (χ2n) is 3.67. The zero-order valence-corrected chi connectivity index (χ0v) is 10.5. The number of aliphatic hydroxyl groups excluding tert-OH is 1. The number of hydrogen-bond donors (Lipinski definition) is 1. The molecule has 5 nitrogen and oxygen atoms in total. The molecule has 1 aromatic rings. The van der Waals surface area contributed by atoms with Crippen molar-refractivity contribution in [3.05, 3.63) is 48.0 Å². The molecule has 0 aliphatic rings. The Morgan fingerprint density at radius 1 is 1.05 bits per heavy atom. The molecular formula is C14H16O5. The minimum Gasteiger partial charge on any atom is -0.462 e. The first-order valence-corrected chi connectivity index (χ1v) is 5.88. The van der Waals surface area contributed by atoms with Crippen molar-refractivity contribution in [2.24, 2.45) is 0 Å². The van der Waals surface area contributed by atoms with Gasteiger partial charge >= 0.3 is 11.9 Å². The van der Waals surface area contributed by atoms with E-state index in [-0.39, 0.29) is 19.8 Å². The number of carbonyl (C=O) groups is 2. The topological polar surface area (TPSA) is 72.8 Å². The van der Waals surface area contributed by atoms with Crippen LogP contribution in [-0.2, 0) is 25.7 Å². The van der Waals surface area contributed by atoms with Crippen molar-refractivity contribution in [1.29, 1.82) is 0 Å². The Balaban J connectivity index is 2.25. The van der Waals surface area contributed by atoms with Gasteiger partial charge in [-0.3, -0.25) is 0 Å². The highest BCUT2D eigenvalue weighted by Gasteiger charge is 2.01. The SMILES string of the molecule is O=C(/C=C\C(=O)OCc1ccccc1)OCCCO. The van der Waals surface area contributed by atoms with Crippen LogP contribution in [0.15, 0.2) is 42.5 Å². The molecule has 19 heavy (non-hydrogen) atoms. The monoisotopic (exact) mass is 264 g/mol. The molecule has 1 rings (SSSR count). The number of hydrogen-bond acceptors (Lipinski definition) is 5. The van der Waals surface area contributed by atoms with E-state index in [0.717, 1.165) is 17.7 Å². The van der Waals surface area contributed by atoms with Crippen LogP contribution >= 0.6 is 0 Å².